The van der Waals surface area contributed by atoms with Gasteiger partial charge in [-0.05, 0) is 75.5 Å². The van der Waals surface area contributed by atoms with Gasteiger partial charge in [0.1, 0.15) is 22.2 Å². The van der Waals surface area contributed by atoms with E-state index in [-0.39, 0.29) is 18.0 Å². The van der Waals surface area contributed by atoms with E-state index in [9.17, 15) is 14.7 Å². The van der Waals surface area contributed by atoms with Crippen molar-refractivity contribution in [2.24, 2.45) is 0 Å². The van der Waals surface area contributed by atoms with Gasteiger partial charge in [0.15, 0.2) is 11.5 Å². The van der Waals surface area contributed by atoms with E-state index < -0.39 is 14.0 Å². The number of carboxylic acid groups (broad SMARTS) is 1. The highest BCUT2D eigenvalue weighted by Gasteiger charge is 2.41. The zero-order valence-corrected chi connectivity index (χ0v) is 29.1. The number of carbonyl (C=O) groups is 2. The third-order valence-electron chi connectivity index (χ3n) is 8.94. The Bertz CT molecular complexity index is 2090. The highest BCUT2D eigenvalue weighted by molar-refractivity contribution is 6.98. The van der Waals surface area contributed by atoms with Crippen LogP contribution in [0.2, 0.25) is 13.1 Å². The Kier molecular flexibility index (Phi) is 8.48. The van der Waals surface area contributed by atoms with Crippen LogP contribution in [0.25, 0.3) is 17.0 Å². The average molecular weight is 656 g/mol. The first-order chi connectivity index (χ1) is 22.8. The molecular formula is C37H37N7O3Si. The van der Waals surface area contributed by atoms with Crippen LogP contribution in [0, 0.1) is 6.92 Å². The fourth-order valence-corrected chi connectivity index (χ4v) is 9.26. The smallest absolute Gasteiger partial charge is 0.251 e. The molecule has 48 heavy (non-hydrogen) atoms. The first-order valence-corrected chi connectivity index (χ1v) is 18.6. The minimum absolute atomic E-state index is 0.0334. The van der Waals surface area contributed by atoms with Gasteiger partial charge < -0.3 is 20.1 Å². The highest BCUT2D eigenvalue weighted by Crippen LogP contribution is 2.43. The maximum atomic E-state index is 13.6. The molecule has 4 aromatic rings. The summed E-state index contributed by atoms with van der Waals surface area (Å²) in [6.07, 6.45) is 6.37. The summed E-state index contributed by atoms with van der Waals surface area (Å²) in [5.41, 5.74) is 7.36. The maximum absolute atomic E-state index is 13.6. The number of anilines is 1. The molecule has 1 aromatic heterocycles. The van der Waals surface area contributed by atoms with E-state index in [2.05, 4.69) is 84.7 Å². The van der Waals surface area contributed by atoms with Gasteiger partial charge in [0.05, 0.1) is 5.97 Å². The fraction of sp³-hybridized carbons (Fsp3) is 0.216. The Morgan fingerprint density at radius 1 is 0.896 bits per heavy atom. The molecule has 0 spiro atoms. The first-order valence-electron chi connectivity index (χ1n) is 15.6. The van der Waals surface area contributed by atoms with Gasteiger partial charge >= 0.3 is 0 Å². The number of nitrogens with one attached hydrogen (secondary N) is 1. The standard InChI is InChI=1S/C37H37N7O3Si/c1-22-39-41-35(42-40-22)24-10-8-23(9-11-24)21-38-36(45)25-12-15-28(37(46)47)31(18-25)34-29-16-13-26(43(2)3)19-32(29)48(6,7)33-20-27(44(4)5)14-17-30(33)34/h8-20H,21H2,1-7H3,(H-,38,45,46,47). The second-order valence-corrected chi connectivity index (χ2v) is 17.3. The van der Waals surface area contributed by atoms with Crippen molar-refractivity contribution in [3.8, 4) is 11.4 Å². The van der Waals surface area contributed by atoms with Crippen LogP contribution >= 0.6 is 0 Å². The zero-order valence-electron chi connectivity index (χ0n) is 28.1. The first kappa shape index (κ1) is 32.4. The molecule has 0 saturated carbocycles. The predicted octanol–water partition coefficient (Wildman–Crippen LogP) is 3.08. The normalized spacial score (nSPS) is 14.6. The van der Waals surface area contributed by atoms with Crippen molar-refractivity contribution in [2.45, 2.75) is 26.6 Å². The second kappa shape index (κ2) is 12.6. The topological polar surface area (TPSA) is 127 Å². The van der Waals surface area contributed by atoms with Gasteiger partial charge in [-0.3, -0.25) is 4.79 Å². The minimum Gasteiger partial charge on any atom is -0.545 e. The van der Waals surface area contributed by atoms with Crippen LogP contribution in [-0.2, 0) is 6.54 Å². The monoisotopic (exact) mass is 655 g/mol. The lowest BCUT2D eigenvalue weighted by Crippen LogP contribution is -2.50. The SMILES string of the molecule is Cc1nnc(-c2ccc(CNC(=O)c3ccc(C(=O)[O-])c(C4=C5C=CC(=[N+](C)C)C=C5[Si](C)(C)c5cc(N(C)C)ccc54)c3)cc2)nn1. The molecule has 1 amide bonds. The number of fused-ring (bicyclic) bond motifs is 2. The maximum Gasteiger partial charge on any atom is 0.251 e. The number of benzene rings is 3. The van der Waals surface area contributed by atoms with Crippen LogP contribution in [0.5, 0.6) is 0 Å². The Balaban J connectivity index is 1.40. The molecule has 11 heteroatoms. The van der Waals surface area contributed by atoms with E-state index >= 15 is 0 Å². The third-order valence-corrected chi connectivity index (χ3v) is 12.5. The summed E-state index contributed by atoms with van der Waals surface area (Å²) in [5.74, 6) is -0.709. The van der Waals surface area contributed by atoms with Gasteiger partial charge in [0, 0.05) is 55.2 Å². The molecule has 0 saturated heterocycles. The number of nitrogens with zero attached hydrogens (tertiary/aromatic N) is 6. The average Bonchev–Trinajstić information content (AvgIpc) is 3.07. The molecule has 1 aliphatic carbocycles. The van der Waals surface area contributed by atoms with Crippen molar-refractivity contribution in [1.29, 1.82) is 0 Å². The van der Waals surface area contributed by atoms with Crippen LogP contribution in [0.3, 0.4) is 0 Å². The van der Waals surface area contributed by atoms with E-state index in [1.807, 2.05) is 52.5 Å². The van der Waals surface area contributed by atoms with E-state index in [4.69, 9.17) is 0 Å². The number of aryl methyl sites for hydroxylation is 1. The molecule has 0 radical (unpaired) electrons. The number of hydrogen-bond acceptors (Lipinski definition) is 8. The van der Waals surface area contributed by atoms with Crippen LogP contribution in [0.15, 0.2) is 89.7 Å². The van der Waals surface area contributed by atoms with Gasteiger partial charge in [0.25, 0.3) is 5.91 Å². The molecule has 1 N–H and O–H groups in total. The summed E-state index contributed by atoms with van der Waals surface area (Å²) >= 11 is 0. The van der Waals surface area contributed by atoms with E-state index in [0.717, 1.165) is 39.2 Å². The number of hydrogen-bond donors (Lipinski definition) is 1. The number of aromatic nitrogens is 4. The molecule has 2 aliphatic rings. The summed E-state index contributed by atoms with van der Waals surface area (Å²) in [5, 5.41) is 34.1. The van der Waals surface area contributed by atoms with Gasteiger partial charge in [-0.15, -0.1) is 20.4 Å². The summed E-state index contributed by atoms with van der Waals surface area (Å²) in [4.78, 5) is 28.2. The van der Waals surface area contributed by atoms with E-state index in [1.54, 1.807) is 13.0 Å². The molecule has 10 nitrogen and oxygen atoms in total. The molecule has 0 fully saturated rings. The highest BCUT2D eigenvalue weighted by atomic mass is 28.3. The number of carboxylic acids is 1. The zero-order chi connectivity index (χ0) is 34.3. The minimum atomic E-state index is -2.25. The quantitative estimate of drug-likeness (QED) is 0.238. The Morgan fingerprint density at radius 2 is 1.60 bits per heavy atom. The molecule has 0 unspecified atom stereocenters. The molecular weight excluding hydrogens is 619 g/mol. The number of allylic oxidation sites excluding steroid dienone is 5. The summed E-state index contributed by atoms with van der Waals surface area (Å²) in [6.45, 7) is 6.65. The Labute approximate surface area is 280 Å². The Morgan fingerprint density at radius 3 is 2.25 bits per heavy atom. The van der Waals surface area contributed by atoms with E-state index in [1.165, 1.54) is 22.5 Å². The van der Waals surface area contributed by atoms with Crippen molar-refractivity contribution >= 4 is 42.1 Å². The molecule has 0 bridgehead atoms. The van der Waals surface area contributed by atoms with E-state index in [0.29, 0.717) is 22.8 Å². The summed E-state index contributed by atoms with van der Waals surface area (Å²) in [7, 11) is 5.80. The van der Waals surface area contributed by atoms with Gasteiger partial charge in [-0.2, -0.15) is 0 Å². The number of aromatic carboxylic acids is 1. The largest absolute Gasteiger partial charge is 0.545 e. The number of rotatable bonds is 7. The number of amides is 1. The molecule has 1 aliphatic heterocycles. The van der Waals surface area contributed by atoms with Crippen molar-refractivity contribution in [1.82, 2.24) is 25.7 Å². The molecule has 0 atom stereocenters. The van der Waals surface area contributed by atoms with Crippen molar-refractivity contribution in [2.75, 3.05) is 33.1 Å². The van der Waals surface area contributed by atoms with Crippen LogP contribution in [0.1, 0.15) is 43.2 Å². The van der Waals surface area contributed by atoms with Crippen molar-refractivity contribution < 1.29 is 19.3 Å². The summed E-state index contributed by atoms with van der Waals surface area (Å²) in [6, 6.07) is 18.5. The Hall–Kier alpha value is -5.55. The third kappa shape index (κ3) is 6.00. The predicted molar refractivity (Wildman–Crippen MR) is 188 cm³/mol. The molecule has 242 valence electrons. The van der Waals surface area contributed by atoms with Crippen LogP contribution < -0.4 is 20.5 Å². The van der Waals surface area contributed by atoms with Crippen molar-refractivity contribution in [3.05, 3.63) is 123 Å². The lowest BCUT2D eigenvalue weighted by atomic mass is 9.86. The summed E-state index contributed by atoms with van der Waals surface area (Å²) < 4.78 is 2.08. The van der Waals surface area contributed by atoms with Gasteiger partial charge in [-0.25, -0.2) is 4.58 Å². The fourth-order valence-electron chi connectivity index (χ4n) is 6.19. The van der Waals surface area contributed by atoms with Gasteiger partial charge in [0.2, 0.25) is 5.82 Å². The molecule has 2 heterocycles. The lowest BCUT2D eigenvalue weighted by molar-refractivity contribution is -0.462. The number of carbonyl (C=O) groups excluding carboxylic acids is 2. The molecule has 6 rings (SSSR count). The van der Waals surface area contributed by atoms with Gasteiger partial charge in [-0.1, -0.05) is 49.5 Å². The second-order valence-electron chi connectivity index (χ2n) is 12.9. The lowest BCUT2D eigenvalue weighted by Gasteiger charge is -2.38. The molecule has 3 aromatic carbocycles. The van der Waals surface area contributed by atoms with Crippen LogP contribution in [0.4, 0.5) is 5.69 Å². The van der Waals surface area contributed by atoms with Crippen LogP contribution in [-0.4, -0.2) is 78.8 Å². The van der Waals surface area contributed by atoms with Crippen molar-refractivity contribution in [3.63, 3.8) is 0 Å².